The Hall–Kier alpha value is -2.27. The van der Waals surface area contributed by atoms with Gasteiger partial charge in [-0.1, -0.05) is 0 Å². The molecule has 1 aliphatic rings. The Bertz CT molecular complexity index is 607. The van der Waals surface area contributed by atoms with Gasteiger partial charge in [0.2, 0.25) is 0 Å². The molecule has 19 heavy (non-hydrogen) atoms. The van der Waals surface area contributed by atoms with E-state index in [0.717, 1.165) is 0 Å². The number of carbonyl (C=O) groups excluding carboxylic acids is 1. The molecule has 1 heterocycles. The van der Waals surface area contributed by atoms with Gasteiger partial charge in [0.25, 0.3) is 0 Å². The van der Waals surface area contributed by atoms with Crippen molar-refractivity contribution in [1.82, 2.24) is 0 Å². The summed E-state index contributed by atoms with van der Waals surface area (Å²) < 4.78 is 5.59. The van der Waals surface area contributed by atoms with E-state index < -0.39 is 0 Å². The van der Waals surface area contributed by atoms with Crippen LogP contribution in [0.1, 0.15) is 0 Å². The summed E-state index contributed by atoms with van der Waals surface area (Å²) in [4.78, 5) is 13.4. The molecule has 1 aromatic carbocycles. The van der Waals surface area contributed by atoms with E-state index in [1.807, 2.05) is 12.1 Å². The Labute approximate surface area is 116 Å². The molecule has 0 spiro atoms. The van der Waals surface area contributed by atoms with Crippen molar-refractivity contribution in [3.8, 4) is 17.9 Å². The van der Waals surface area contributed by atoms with Crippen LogP contribution in [0, 0.1) is 22.7 Å². The molecule has 0 atom stereocenters. The number of ether oxygens (including phenoxy) is 1. The molecular formula is C13H9N3O2Se. The number of rotatable bonds is 2. The van der Waals surface area contributed by atoms with Crippen LogP contribution in [0.5, 0.6) is 5.75 Å². The topological polar surface area (TPSA) is 77.1 Å². The van der Waals surface area contributed by atoms with Gasteiger partial charge in [-0.25, -0.2) is 0 Å². The zero-order valence-electron chi connectivity index (χ0n) is 10.1. The van der Waals surface area contributed by atoms with Crippen molar-refractivity contribution in [2.45, 2.75) is 5.32 Å². The average molecular weight is 318 g/mol. The molecule has 0 N–H and O–H groups in total. The number of nitrogens with zero attached hydrogens (tertiary/aromatic N) is 3. The summed E-state index contributed by atoms with van der Waals surface area (Å²) in [7, 11) is 1.56. The first-order valence-corrected chi connectivity index (χ1v) is 7.42. The molecule has 94 valence electrons. The molecular weight excluding hydrogens is 309 g/mol. The van der Waals surface area contributed by atoms with E-state index in [9.17, 15) is 4.79 Å². The molecule has 1 amide bonds. The number of anilines is 1. The predicted octanol–water partition coefficient (Wildman–Crippen LogP) is 1.42. The number of nitriles is 2. The number of allylic oxidation sites excluding steroid dienone is 1. The van der Waals surface area contributed by atoms with Gasteiger partial charge >= 0.3 is 116 Å². The quantitative estimate of drug-likeness (QED) is 0.610. The van der Waals surface area contributed by atoms with Crippen molar-refractivity contribution in [2.75, 3.05) is 12.0 Å². The molecule has 0 aromatic heterocycles. The summed E-state index contributed by atoms with van der Waals surface area (Å²) in [5, 5.41) is 18.3. The Balaban J connectivity index is 2.46. The molecule has 1 aromatic rings. The molecule has 1 saturated heterocycles. The van der Waals surface area contributed by atoms with Crippen molar-refractivity contribution >= 4 is 26.6 Å². The normalized spacial score (nSPS) is 13.9. The second-order valence-electron chi connectivity index (χ2n) is 3.62. The molecule has 0 saturated carbocycles. The molecule has 6 heteroatoms. The number of carbonyl (C=O) groups is 1. The van der Waals surface area contributed by atoms with E-state index in [4.69, 9.17) is 15.3 Å². The Morgan fingerprint density at radius 3 is 2.47 bits per heavy atom. The SMILES string of the molecule is COc1ccc(N2C(=O)C[Se]C2=C(C#N)C#N)cc1. The number of benzene rings is 1. The summed E-state index contributed by atoms with van der Waals surface area (Å²) in [5.74, 6) is 0.607. The molecule has 5 nitrogen and oxygen atoms in total. The van der Waals surface area contributed by atoms with E-state index in [1.165, 1.54) is 4.90 Å². The number of methoxy groups -OCH3 is 1. The predicted molar refractivity (Wildman–Crippen MR) is 69.3 cm³/mol. The standard InChI is InChI=1S/C13H9N3O2Se/c1-18-11-4-2-10(3-5-11)16-12(17)8-19-13(16)9(6-14)7-15/h2-5H,8H2,1H3. The summed E-state index contributed by atoms with van der Waals surface area (Å²) >= 11 is -0.169. The first kappa shape index (κ1) is 13.2. The Morgan fingerprint density at radius 1 is 1.32 bits per heavy atom. The third kappa shape index (κ3) is 2.46. The van der Waals surface area contributed by atoms with Crippen LogP contribution in [0.15, 0.2) is 34.4 Å². The van der Waals surface area contributed by atoms with E-state index >= 15 is 0 Å². The van der Waals surface area contributed by atoms with Crippen molar-refractivity contribution in [3.63, 3.8) is 0 Å². The van der Waals surface area contributed by atoms with Crippen LogP contribution >= 0.6 is 0 Å². The van der Waals surface area contributed by atoms with Crippen molar-refractivity contribution in [1.29, 1.82) is 10.5 Å². The number of hydrogen-bond donors (Lipinski definition) is 0. The van der Waals surface area contributed by atoms with Crippen molar-refractivity contribution in [3.05, 3.63) is 34.4 Å². The van der Waals surface area contributed by atoms with Crippen molar-refractivity contribution in [2.24, 2.45) is 0 Å². The van der Waals surface area contributed by atoms with E-state index in [0.29, 0.717) is 21.4 Å². The van der Waals surface area contributed by atoms with E-state index in [2.05, 4.69) is 0 Å². The summed E-state index contributed by atoms with van der Waals surface area (Å²) in [6.07, 6.45) is 0. The zero-order chi connectivity index (χ0) is 13.8. The third-order valence-electron chi connectivity index (χ3n) is 2.55. The van der Waals surface area contributed by atoms with Gasteiger partial charge in [-0.05, 0) is 0 Å². The number of amides is 1. The fraction of sp³-hybridized carbons (Fsp3) is 0.154. The summed E-state index contributed by atoms with van der Waals surface area (Å²) in [5.41, 5.74) is 0.671. The fourth-order valence-corrected chi connectivity index (χ4v) is 3.69. The maximum atomic E-state index is 11.9. The van der Waals surface area contributed by atoms with Gasteiger partial charge in [0.1, 0.15) is 0 Å². The van der Waals surface area contributed by atoms with E-state index in [-0.39, 0.29) is 26.4 Å². The second-order valence-corrected chi connectivity index (χ2v) is 5.64. The fourth-order valence-electron chi connectivity index (χ4n) is 1.67. The van der Waals surface area contributed by atoms with Crippen LogP contribution in [-0.4, -0.2) is 28.0 Å². The van der Waals surface area contributed by atoms with Gasteiger partial charge in [-0.15, -0.1) is 0 Å². The van der Waals surface area contributed by atoms with Crippen LogP contribution in [0.3, 0.4) is 0 Å². The first-order valence-electron chi connectivity index (χ1n) is 5.35. The molecule has 0 aliphatic carbocycles. The molecule has 0 bridgehead atoms. The molecule has 1 fully saturated rings. The third-order valence-corrected chi connectivity index (χ3v) is 4.76. The van der Waals surface area contributed by atoms with Gasteiger partial charge in [0.15, 0.2) is 0 Å². The van der Waals surface area contributed by atoms with Crippen LogP contribution in [0.4, 0.5) is 5.69 Å². The van der Waals surface area contributed by atoms with Gasteiger partial charge in [0, 0.05) is 0 Å². The minimum absolute atomic E-state index is 0.0154. The zero-order valence-corrected chi connectivity index (χ0v) is 11.8. The van der Waals surface area contributed by atoms with Gasteiger partial charge < -0.3 is 0 Å². The average Bonchev–Trinajstić information content (AvgIpc) is 2.82. The second kappa shape index (κ2) is 5.58. The van der Waals surface area contributed by atoms with Gasteiger partial charge in [0.05, 0.1) is 0 Å². The molecule has 2 rings (SSSR count). The molecule has 0 unspecified atom stereocenters. The van der Waals surface area contributed by atoms with Crippen LogP contribution < -0.4 is 9.64 Å². The maximum absolute atomic E-state index is 11.9. The summed E-state index contributed by atoms with van der Waals surface area (Å²) in [6.45, 7) is 0. The monoisotopic (exact) mass is 319 g/mol. The first-order chi connectivity index (χ1) is 9.21. The van der Waals surface area contributed by atoms with Crippen molar-refractivity contribution < 1.29 is 9.53 Å². The van der Waals surface area contributed by atoms with Gasteiger partial charge in [-0.2, -0.15) is 0 Å². The van der Waals surface area contributed by atoms with Crippen LogP contribution in [0.2, 0.25) is 5.32 Å². The molecule has 1 aliphatic heterocycles. The van der Waals surface area contributed by atoms with Crippen LogP contribution in [0.25, 0.3) is 0 Å². The number of hydrogen-bond acceptors (Lipinski definition) is 4. The van der Waals surface area contributed by atoms with Crippen LogP contribution in [-0.2, 0) is 4.79 Å². The molecule has 0 radical (unpaired) electrons. The summed E-state index contributed by atoms with van der Waals surface area (Å²) in [6, 6.07) is 10.7. The van der Waals surface area contributed by atoms with E-state index in [1.54, 1.807) is 31.4 Å². The van der Waals surface area contributed by atoms with Gasteiger partial charge in [-0.3, -0.25) is 0 Å². The Morgan fingerprint density at radius 2 is 1.95 bits per heavy atom. The minimum atomic E-state index is -0.169. The Kier molecular flexibility index (Phi) is 3.87.